The normalized spacial score (nSPS) is 19.7. The lowest BCUT2D eigenvalue weighted by atomic mass is 9.88. The van der Waals surface area contributed by atoms with Gasteiger partial charge in [0.2, 0.25) is 0 Å². The molecule has 3 aromatic rings. The highest BCUT2D eigenvalue weighted by Crippen LogP contribution is 2.47. The molecular formula is C34H29N5. The van der Waals surface area contributed by atoms with Gasteiger partial charge in [0.15, 0.2) is 0 Å². The predicted octanol–water partition coefficient (Wildman–Crippen LogP) is 7.24. The van der Waals surface area contributed by atoms with Crippen LogP contribution in [0.2, 0.25) is 0 Å². The molecule has 1 unspecified atom stereocenters. The first-order chi connectivity index (χ1) is 19.0. The fraction of sp³-hybridized carbons (Fsp3) is 0.176. The highest BCUT2D eigenvalue weighted by atomic mass is 15.2. The molecule has 6 rings (SSSR count). The van der Waals surface area contributed by atoms with E-state index in [0.29, 0.717) is 11.1 Å². The third kappa shape index (κ3) is 4.00. The predicted molar refractivity (Wildman–Crippen MR) is 158 cm³/mol. The fourth-order valence-corrected chi connectivity index (χ4v) is 6.11. The van der Waals surface area contributed by atoms with E-state index >= 15 is 0 Å². The Morgan fingerprint density at radius 3 is 2.77 bits per heavy atom. The van der Waals surface area contributed by atoms with Gasteiger partial charge in [0.05, 0.1) is 35.0 Å². The SMILES string of the molecule is C=CC/C=C(\C=C(/C)N1c2ccc(C#N)cc2C2C=C(C#N)C=C[C@@H]21)n1c2c(c3ccccc31)CN(C)C=C2. The van der Waals surface area contributed by atoms with Gasteiger partial charge in [-0.15, -0.1) is 6.58 Å². The summed E-state index contributed by atoms with van der Waals surface area (Å²) in [5.41, 5.74) is 9.32. The molecule has 3 heterocycles. The van der Waals surface area contributed by atoms with Crippen molar-refractivity contribution >= 4 is 28.4 Å². The molecular weight excluding hydrogens is 478 g/mol. The molecule has 0 saturated heterocycles. The van der Waals surface area contributed by atoms with E-state index in [0.717, 1.165) is 35.6 Å². The lowest BCUT2D eigenvalue weighted by molar-refractivity contribution is 0.449. The van der Waals surface area contributed by atoms with Crippen molar-refractivity contribution in [2.45, 2.75) is 31.8 Å². The smallest absolute Gasteiger partial charge is 0.0991 e. The lowest BCUT2D eigenvalue weighted by Gasteiger charge is -2.30. The summed E-state index contributed by atoms with van der Waals surface area (Å²) in [5, 5.41) is 20.4. The van der Waals surface area contributed by atoms with Gasteiger partial charge < -0.3 is 14.4 Å². The molecule has 0 bridgehead atoms. The van der Waals surface area contributed by atoms with Crippen LogP contribution in [0.25, 0.3) is 22.7 Å². The van der Waals surface area contributed by atoms with Crippen LogP contribution in [0.3, 0.4) is 0 Å². The molecule has 0 radical (unpaired) electrons. The minimum absolute atomic E-state index is 0.00976. The van der Waals surface area contributed by atoms with Crippen molar-refractivity contribution in [3.05, 3.63) is 125 Å². The second-order valence-corrected chi connectivity index (χ2v) is 10.3. The molecule has 0 fully saturated rings. The Morgan fingerprint density at radius 2 is 1.97 bits per heavy atom. The zero-order valence-corrected chi connectivity index (χ0v) is 22.2. The van der Waals surface area contributed by atoms with Gasteiger partial charge in [-0.2, -0.15) is 10.5 Å². The van der Waals surface area contributed by atoms with E-state index in [9.17, 15) is 10.5 Å². The Morgan fingerprint density at radius 1 is 1.13 bits per heavy atom. The van der Waals surface area contributed by atoms with Gasteiger partial charge in [-0.05, 0) is 61.4 Å². The Bertz CT molecular complexity index is 1740. The highest BCUT2D eigenvalue weighted by molar-refractivity contribution is 5.93. The average Bonchev–Trinajstić information content (AvgIpc) is 3.46. The minimum atomic E-state index is 0.00976. The summed E-state index contributed by atoms with van der Waals surface area (Å²) in [7, 11) is 2.10. The van der Waals surface area contributed by atoms with Crippen molar-refractivity contribution in [3.63, 3.8) is 0 Å². The standard InChI is InChI=1S/C34H29N5/c1-4-5-8-26(39-31-10-7-6-9-27(31)30-22-37(3)16-15-34(30)39)17-23(2)38-32-13-11-24(20-35)18-28(32)29-19-25(21-36)12-14-33(29)38/h4,6-19,28,32H,1,5,22H2,2-3H3/b23-17+,26-8+/t28?,32-/m0/s1. The lowest BCUT2D eigenvalue weighted by Crippen LogP contribution is -2.31. The Hall–Kier alpha value is -5.00. The largest absolute Gasteiger partial charge is 0.376 e. The fourth-order valence-electron chi connectivity index (χ4n) is 6.11. The third-order valence-corrected chi connectivity index (χ3v) is 7.81. The number of fused-ring (bicyclic) bond motifs is 6. The number of nitriles is 2. The van der Waals surface area contributed by atoms with Crippen LogP contribution in [-0.2, 0) is 6.54 Å². The van der Waals surface area contributed by atoms with Crippen molar-refractivity contribution in [3.8, 4) is 12.1 Å². The van der Waals surface area contributed by atoms with Gasteiger partial charge in [-0.1, -0.05) is 42.5 Å². The number of hydrogen-bond donors (Lipinski definition) is 0. The first-order valence-electron chi connectivity index (χ1n) is 13.2. The zero-order valence-electron chi connectivity index (χ0n) is 22.2. The van der Waals surface area contributed by atoms with E-state index in [-0.39, 0.29) is 12.0 Å². The van der Waals surface area contributed by atoms with Crippen LogP contribution in [0, 0.1) is 22.7 Å². The van der Waals surface area contributed by atoms with Crippen LogP contribution >= 0.6 is 0 Å². The average molecular weight is 508 g/mol. The topological polar surface area (TPSA) is 59.0 Å². The zero-order chi connectivity index (χ0) is 27.1. The monoisotopic (exact) mass is 507 g/mol. The maximum absolute atomic E-state index is 9.57. The third-order valence-electron chi connectivity index (χ3n) is 7.81. The van der Waals surface area contributed by atoms with E-state index in [4.69, 9.17) is 0 Å². The van der Waals surface area contributed by atoms with Crippen molar-refractivity contribution in [2.75, 3.05) is 11.9 Å². The van der Waals surface area contributed by atoms with Gasteiger partial charge in [-0.3, -0.25) is 0 Å². The summed E-state index contributed by atoms with van der Waals surface area (Å²) in [4.78, 5) is 4.55. The number of benzene rings is 2. The van der Waals surface area contributed by atoms with Crippen molar-refractivity contribution in [2.24, 2.45) is 0 Å². The molecule has 5 nitrogen and oxygen atoms in total. The van der Waals surface area contributed by atoms with Gasteiger partial charge in [0.1, 0.15) is 0 Å². The maximum atomic E-state index is 9.57. The first-order valence-corrected chi connectivity index (χ1v) is 13.2. The second kappa shape index (κ2) is 9.71. The summed E-state index contributed by atoms with van der Waals surface area (Å²) in [5.74, 6) is 0.00976. The molecule has 3 aliphatic rings. The number of allylic oxidation sites excluding steroid dienone is 7. The van der Waals surface area contributed by atoms with Crippen LogP contribution < -0.4 is 4.90 Å². The van der Waals surface area contributed by atoms with Crippen LogP contribution in [0.4, 0.5) is 5.69 Å². The Balaban J connectivity index is 1.51. The summed E-state index contributed by atoms with van der Waals surface area (Å²) in [6.45, 7) is 6.98. The van der Waals surface area contributed by atoms with Gasteiger partial charge >= 0.3 is 0 Å². The molecule has 0 saturated carbocycles. The van der Waals surface area contributed by atoms with Crippen LogP contribution in [0.1, 0.15) is 41.6 Å². The van der Waals surface area contributed by atoms with Crippen molar-refractivity contribution in [1.29, 1.82) is 10.5 Å². The number of nitrogens with zero attached hydrogens (tertiary/aromatic N) is 5. The summed E-state index contributed by atoms with van der Waals surface area (Å²) < 4.78 is 2.36. The van der Waals surface area contributed by atoms with Gasteiger partial charge in [0, 0.05) is 59.3 Å². The molecule has 2 atom stereocenters. The molecule has 1 aliphatic carbocycles. The molecule has 190 valence electrons. The molecule has 2 aliphatic heterocycles. The van der Waals surface area contributed by atoms with Crippen LogP contribution in [0.5, 0.6) is 0 Å². The summed E-state index contributed by atoms with van der Waals surface area (Å²) >= 11 is 0. The van der Waals surface area contributed by atoms with Gasteiger partial charge in [0.25, 0.3) is 0 Å². The van der Waals surface area contributed by atoms with E-state index in [2.05, 4.69) is 102 Å². The number of para-hydroxylation sites is 1. The summed E-state index contributed by atoms with van der Waals surface area (Å²) in [6.07, 6.45) is 17.5. The molecule has 5 heteroatoms. The minimum Gasteiger partial charge on any atom is -0.376 e. The van der Waals surface area contributed by atoms with Crippen LogP contribution in [-0.4, -0.2) is 22.6 Å². The molecule has 2 aromatic carbocycles. The van der Waals surface area contributed by atoms with E-state index in [1.165, 1.54) is 22.2 Å². The van der Waals surface area contributed by atoms with Crippen molar-refractivity contribution < 1.29 is 0 Å². The van der Waals surface area contributed by atoms with E-state index in [1.54, 1.807) is 0 Å². The molecule has 0 spiro atoms. The quantitative estimate of drug-likeness (QED) is 0.270. The summed E-state index contributed by atoms with van der Waals surface area (Å²) in [6, 6.07) is 19.1. The van der Waals surface area contributed by atoms with Gasteiger partial charge in [-0.25, -0.2) is 0 Å². The number of hydrogen-bond acceptors (Lipinski definition) is 4. The molecule has 0 N–H and O–H groups in total. The molecule has 39 heavy (non-hydrogen) atoms. The highest BCUT2D eigenvalue weighted by Gasteiger charge is 2.38. The van der Waals surface area contributed by atoms with Crippen LogP contribution in [0.15, 0.2) is 103 Å². The maximum Gasteiger partial charge on any atom is 0.0991 e. The molecule has 0 amide bonds. The number of anilines is 1. The van der Waals surface area contributed by atoms with E-state index in [1.807, 2.05) is 36.4 Å². The number of aromatic nitrogens is 1. The second-order valence-electron chi connectivity index (χ2n) is 10.3. The van der Waals surface area contributed by atoms with E-state index < -0.39 is 0 Å². The Labute approximate surface area is 229 Å². The number of rotatable bonds is 5. The van der Waals surface area contributed by atoms with Crippen molar-refractivity contribution in [1.82, 2.24) is 9.47 Å². The Kier molecular flexibility index (Phi) is 6.06. The first kappa shape index (κ1) is 24.3. The molecule has 1 aromatic heterocycles.